The number of para-hydroxylation sites is 1. The van der Waals surface area contributed by atoms with Crippen molar-refractivity contribution in [3.05, 3.63) is 52.8 Å². The Balaban J connectivity index is 2.31. The summed E-state index contributed by atoms with van der Waals surface area (Å²) in [6.07, 6.45) is 0. The van der Waals surface area contributed by atoms with Gasteiger partial charge in [-0.25, -0.2) is 4.39 Å². The highest BCUT2D eigenvalue weighted by Crippen LogP contribution is 2.27. The Morgan fingerprint density at radius 3 is 2.80 bits per heavy atom. The van der Waals surface area contributed by atoms with Crippen LogP contribution in [0.3, 0.4) is 0 Å². The normalized spacial score (nSPS) is 10.2. The molecular formula is C14H12ClFN2O2. The van der Waals surface area contributed by atoms with Crippen LogP contribution in [0.15, 0.2) is 36.4 Å². The number of nitrogens with two attached hydrogens (primary N) is 1. The molecule has 4 nitrogen and oxygen atoms in total. The lowest BCUT2D eigenvalue weighted by Gasteiger charge is -2.11. The van der Waals surface area contributed by atoms with E-state index < -0.39 is 11.7 Å². The van der Waals surface area contributed by atoms with E-state index in [4.69, 9.17) is 22.1 Å². The lowest BCUT2D eigenvalue weighted by atomic mass is 10.1. The first-order valence-corrected chi connectivity index (χ1v) is 6.09. The van der Waals surface area contributed by atoms with Crippen LogP contribution >= 0.6 is 11.6 Å². The summed E-state index contributed by atoms with van der Waals surface area (Å²) in [6, 6.07) is 8.52. The van der Waals surface area contributed by atoms with Gasteiger partial charge in [-0.3, -0.25) is 4.79 Å². The average Bonchev–Trinajstić information content (AvgIpc) is 2.43. The topological polar surface area (TPSA) is 64.3 Å². The molecule has 0 aliphatic rings. The van der Waals surface area contributed by atoms with E-state index in [0.29, 0.717) is 5.75 Å². The zero-order chi connectivity index (χ0) is 14.7. The molecule has 0 heterocycles. The number of ether oxygens (including phenoxy) is 1. The van der Waals surface area contributed by atoms with Gasteiger partial charge in [0.05, 0.1) is 29.1 Å². The third kappa shape index (κ3) is 2.83. The summed E-state index contributed by atoms with van der Waals surface area (Å²) in [5.41, 5.74) is 6.44. The molecule has 2 rings (SSSR count). The molecule has 0 aliphatic carbocycles. The minimum Gasteiger partial charge on any atom is -0.495 e. The van der Waals surface area contributed by atoms with Crippen LogP contribution in [0.5, 0.6) is 5.75 Å². The molecule has 2 aromatic rings. The molecule has 0 saturated heterocycles. The number of anilines is 2. The first-order chi connectivity index (χ1) is 9.52. The van der Waals surface area contributed by atoms with Gasteiger partial charge in [0.2, 0.25) is 0 Å². The number of methoxy groups -OCH3 is 1. The molecule has 1 amide bonds. The van der Waals surface area contributed by atoms with Crippen molar-refractivity contribution < 1.29 is 13.9 Å². The molecular weight excluding hydrogens is 283 g/mol. The van der Waals surface area contributed by atoms with Gasteiger partial charge in [-0.05, 0) is 30.3 Å². The second-order valence-corrected chi connectivity index (χ2v) is 4.41. The summed E-state index contributed by atoms with van der Waals surface area (Å²) >= 11 is 5.89. The van der Waals surface area contributed by atoms with Gasteiger partial charge >= 0.3 is 0 Å². The van der Waals surface area contributed by atoms with E-state index in [0.717, 1.165) is 6.07 Å². The summed E-state index contributed by atoms with van der Waals surface area (Å²) < 4.78 is 18.2. The Hall–Kier alpha value is -2.27. The molecule has 0 unspecified atom stereocenters. The standard InChI is InChI=1S/C14H12ClFN2O2/c1-20-12-4-2-3-9(13(12)17)14(19)18-11-7-8(16)5-6-10(11)15/h2-7H,17H2,1H3,(H,18,19). The van der Waals surface area contributed by atoms with Gasteiger partial charge < -0.3 is 15.8 Å². The third-order valence-electron chi connectivity index (χ3n) is 2.71. The molecule has 3 N–H and O–H groups in total. The van der Waals surface area contributed by atoms with Crippen molar-refractivity contribution in [2.24, 2.45) is 0 Å². The molecule has 6 heteroatoms. The van der Waals surface area contributed by atoms with Crippen LogP contribution in [-0.2, 0) is 0 Å². The number of halogens is 2. The van der Waals surface area contributed by atoms with E-state index in [1.165, 1.54) is 19.2 Å². The number of amides is 1. The van der Waals surface area contributed by atoms with Gasteiger partial charge in [0.15, 0.2) is 0 Å². The Bertz CT molecular complexity index is 662. The molecule has 0 spiro atoms. The van der Waals surface area contributed by atoms with Gasteiger partial charge in [-0.15, -0.1) is 0 Å². The zero-order valence-corrected chi connectivity index (χ0v) is 11.4. The van der Waals surface area contributed by atoms with Crippen molar-refractivity contribution in [1.82, 2.24) is 0 Å². The maximum absolute atomic E-state index is 13.1. The molecule has 0 radical (unpaired) electrons. The third-order valence-corrected chi connectivity index (χ3v) is 3.04. The van der Waals surface area contributed by atoms with E-state index in [2.05, 4.69) is 5.32 Å². The van der Waals surface area contributed by atoms with E-state index in [-0.39, 0.29) is 22.0 Å². The molecule has 0 aliphatic heterocycles. The summed E-state index contributed by atoms with van der Waals surface area (Å²) in [5.74, 6) is -0.597. The minimum absolute atomic E-state index is 0.180. The van der Waals surface area contributed by atoms with Crippen molar-refractivity contribution in [2.75, 3.05) is 18.2 Å². The van der Waals surface area contributed by atoms with E-state index in [1.54, 1.807) is 18.2 Å². The van der Waals surface area contributed by atoms with Crippen molar-refractivity contribution in [2.45, 2.75) is 0 Å². The minimum atomic E-state index is -0.497. The highest BCUT2D eigenvalue weighted by atomic mass is 35.5. The maximum Gasteiger partial charge on any atom is 0.257 e. The largest absolute Gasteiger partial charge is 0.495 e. The molecule has 0 aromatic heterocycles. The highest BCUT2D eigenvalue weighted by Gasteiger charge is 2.14. The number of nitrogen functional groups attached to an aromatic ring is 1. The molecule has 0 saturated carbocycles. The van der Waals surface area contributed by atoms with Crippen molar-refractivity contribution >= 4 is 28.9 Å². The monoisotopic (exact) mass is 294 g/mol. The maximum atomic E-state index is 13.1. The Morgan fingerprint density at radius 1 is 1.35 bits per heavy atom. The second-order valence-electron chi connectivity index (χ2n) is 4.00. The van der Waals surface area contributed by atoms with Crippen LogP contribution in [0, 0.1) is 5.82 Å². The van der Waals surface area contributed by atoms with Crippen molar-refractivity contribution in [1.29, 1.82) is 0 Å². The quantitative estimate of drug-likeness (QED) is 0.854. The van der Waals surface area contributed by atoms with Crippen LogP contribution < -0.4 is 15.8 Å². The number of hydrogen-bond donors (Lipinski definition) is 2. The summed E-state index contributed by atoms with van der Waals surface area (Å²) in [5, 5.41) is 2.75. The Labute approximate surface area is 120 Å². The predicted octanol–water partition coefficient (Wildman–Crippen LogP) is 3.32. The van der Waals surface area contributed by atoms with E-state index in [1.807, 2.05) is 0 Å². The van der Waals surface area contributed by atoms with E-state index in [9.17, 15) is 9.18 Å². The van der Waals surface area contributed by atoms with Crippen molar-refractivity contribution in [3.8, 4) is 5.75 Å². The number of hydrogen-bond acceptors (Lipinski definition) is 3. The fourth-order valence-corrected chi connectivity index (χ4v) is 1.87. The van der Waals surface area contributed by atoms with Crippen LogP contribution in [0.1, 0.15) is 10.4 Å². The summed E-state index contributed by atoms with van der Waals surface area (Å²) in [6.45, 7) is 0. The SMILES string of the molecule is COc1cccc(C(=O)Nc2cc(F)ccc2Cl)c1N. The van der Waals surface area contributed by atoms with Crippen molar-refractivity contribution in [3.63, 3.8) is 0 Å². The van der Waals surface area contributed by atoms with Gasteiger partial charge in [0.25, 0.3) is 5.91 Å². The predicted molar refractivity (Wildman–Crippen MR) is 76.8 cm³/mol. The van der Waals surface area contributed by atoms with Gasteiger partial charge in [-0.2, -0.15) is 0 Å². The molecule has 104 valence electrons. The number of carbonyl (C=O) groups is 1. The molecule has 2 aromatic carbocycles. The summed E-state index contributed by atoms with van der Waals surface area (Å²) in [4.78, 5) is 12.1. The van der Waals surface area contributed by atoms with Gasteiger partial charge in [-0.1, -0.05) is 17.7 Å². The number of benzene rings is 2. The van der Waals surface area contributed by atoms with Gasteiger partial charge in [0, 0.05) is 0 Å². The number of rotatable bonds is 3. The second kappa shape index (κ2) is 5.79. The molecule has 0 atom stereocenters. The van der Waals surface area contributed by atoms with E-state index >= 15 is 0 Å². The molecule has 20 heavy (non-hydrogen) atoms. The van der Waals surface area contributed by atoms with Crippen LogP contribution in [0.25, 0.3) is 0 Å². The van der Waals surface area contributed by atoms with Crippen LogP contribution in [0.4, 0.5) is 15.8 Å². The Morgan fingerprint density at radius 2 is 2.10 bits per heavy atom. The smallest absolute Gasteiger partial charge is 0.257 e. The lowest BCUT2D eigenvalue weighted by molar-refractivity contribution is 0.102. The fourth-order valence-electron chi connectivity index (χ4n) is 1.70. The molecule has 0 fully saturated rings. The lowest BCUT2D eigenvalue weighted by Crippen LogP contribution is -2.15. The molecule has 0 bridgehead atoms. The first kappa shape index (κ1) is 14.1. The fraction of sp³-hybridized carbons (Fsp3) is 0.0714. The number of carbonyl (C=O) groups excluding carboxylic acids is 1. The highest BCUT2D eigenvalue weighted by molar-refractivity contribution is 6.34. The summed E-state index contributed by atoms with van der Waals surface area (Å²) in [7, 11) is 1.46. The average molecular weight is 295 g/mol. The van der Waals surface area contributed by atoms with Crippen LogP contribution in [0.2, 0.25) is 5.02 Å². The Kier molecular flexibility index (Phi) is 4.10. The number of nitrogens with one attached hydrogen (secondary N) is 1. The zero-order valence-electron chi connectivity index (χ0n) is 10.6. The first-order valence-electron chi connectivity index (χ1n) is 5.72. The van der Waals surface area contributed by atoms with Crippen LogP contribution in [-0.4, -0.2) is 13.0 Å². The van der Waals surface area contributed by atoms with Gasteiger partial charge in [0.1, 0.15) is 11.6 Å².